The highest BCUT2D eigenvalue weighted by Gasteiger charge is 2.18. The minimum atomic E-state index is -2.84. The average Bonchev–Trinajstić information content (AvgIpc) is 3.16. The zero-order chi connectivity index (χ0) is 20.5. The van der Waals surface area contributed by atoms with Crippen molar-refractivity contribution in [2.75, 3.05) is 19.7 Å². The summed E-state index contributed by atoms with van der Waals surface area (Å²) in [4.78, 5) is 23.3. The first-order chi connectivity index (χ1) is 13.3. The Hall–Kier alpha value is -3.08. The van der Waals surface area contributed by atoms with Crippen LogP contribution in [0.4, 0.5) is 13.2 Å². The topological polar surface area (TPSA) is 114 Å². The molecule has 8 nitrogen and oxygen atoms in total. The summed E-state index contributed by atoms with van der Waals surface area (Å²) in [6.45, 7) is -0.376. The van der Waals surface area contributed by atoms with Crippen LogP contribution in [0.25, 0.3) is 0 Å². The molecular weight excluding hydrogens is 383 g/mol. The number of aliphatic hydroxyl groups excluding tert-OH is 1. The second-order valence-electron chi connectivity index (χ2n) is 5.66. The Morgan fingerprint density at radius 1 is 1.21 bits per heavy atom. The van der Waals surface area contributed by atoms with Crippen molar-refractivity contribution in [2.24, 2.45) is 0 Å². The summed E-state index contributed by atoms with van der Waals surface area (Å²) in [6, 6.07) is 5.96. The number of ether oxygens (including phenoxy) is 1. The lowest BCUT2D eigenvalue weighted by Gasteiger charge is -2.12. The fourth-order valence-corrected chi connectivity index (χ4v) is 2.00. The molecule has 1 atom stereocenters. The van der Waals surface area contributed by atoms with Crippen LogP contribution in [0, 0.1) is 5.82 Å². The van der Waals surface area contributed by atoms with Crippen LogP contribution in [0.2, 0.25) is 0 Å². The van der Waals surface area contributed by atoms with E-state index in [9.17, 15) is 27.9 Å². The van der Waals surface area contributed by atoms with Crippen molar-refractivity contribution in [1.82, 2.24) is 15.8 Å². The second-order valence-corrected chi connectivity index (χ2v) is 5.66. The van der Waals surface area contributed by atoms with Gasteiger partial charge in [0.25, 0.3) is 18.2 Å². The van der Waals surface area contributed by atoms with Crippen molar-refractivity contribution in [1.29, 1.82) is 0 Å². The number of halogens is 3. The monoisotopic (exact) mass is 401 g/mol. The first-order valence-electron chi connectivity index (χ1n) is 8.21. The predicted octanol–water partition coefficient (Wildman–Crippen LogP) is 1.43. The highest BCUT2D eigenvalue weighted by Crippen LogP contribution is 2.17. The molecule has 0 saturated heterocycles. The maximum absolute atomic E-state index is 12.7. The zero-order valence-corrected chi connectivity index (χ0v) is 14.5. The quantitative estimate of drug-likeness (QED) is 0.555. The standard InChI is InChI=1S/C17H18F3N3O5/c18-10-1-3-12(4-2-10)27-9-15(25)22-8-11(24)5-6-21-17(26)14-7-13(16(19)20)23-28-14/h1-4,7,11,16,24H,5-6,8-9H2,(H,21,26)(H,22,25)/t11-/m0/s1. The van der Waals surface area contributed by atoms with Crippen LogP contribution in [0.3, 0.4) is 0 Å². The predicted molar refractivity (Wildman–Crippen MR) is 89.3 cm³/mol. The van der Waals surface area contributed by atoms with Gasteiger partial charge in [0.1, 0.15) is 11.6 Å². The summed E-state index contributed by atoms with van der Waals surface area (Å²) in [5.74, 6) is -1.71. The Morgan fingerprint density at radius 2 is 1.93 bits per heavy atom. The third kappa shape index (κ3) is 6.91. The molecule has 0 unspecified atom stereocenters. The highest BCUT2D eigenvalue weighted by atomic mass is 19.3. The second kappa shape index (κ2) is 10.3. The number of carbonyl (C=O) groups excluding carboxylic acids is 2. The van der Waals surface area contributed by atoms with Crippen molar-refractivity contribution < 1.29 is 37.1 Å². The summed E-state index contributed by atoms with van der Waals surface area (Å²) in [7, 11) is 0. The number of aromatic nitrogens is 1. The molecule has 1 aromatic heterocycles. The molecule has 0 fully saturated rings. The van der Waals surface area contributed by atoms with E-state index in [2.05, 4.69) is 20.3 Å². The summed E-state index contributed by atoms with van der Waals surface area (Å²) < 4.78 is 47.1. The van der Waals surface area contributed by atoms with Gasteiger partial charge in [0.2, 0.25) is 5.76 Å². The molecule has 3 N–H and O–H groups in total. The Kier molecular flexibility index (Phi) is 7.81. The molecule has 28 heavy (non-hydrogen) atoms. The van der Waals surface area contributed by atoms with Gasteiger partial charge in [-0.3, -0.25) is 9.59 Å². The van der Waals surface area contributed by atoms with Gasteiger partial charge < -0.3 is 25.0 Å². The van der Waals surface area contributed by atoms with Gasteiger partial charge >= 0.3 is 0 Å². The molecule has 2 aromatic rings. The van der Waals surface area contributed by atoms with Gasteiger partial charge in [0.15, 0.2) is 12.3 Å². The molecule has 0 saturated carbocycles. The van der Waals surface area contributed by atoms with E-state index in [0.717, 1.165) is 6.07 Å². The first kappa shape index (κ1) is 21.2. The zero-order valence-electron chi connectivity index (χ0n) is 14.5. The van der Waals surface area contributed by atoms with Crippen LogP contribution in [0.15, 0.2) is 34.9 Å². The van der Waals surface area contributed by atoms with Crippen LogP contribution in [0.1, 0.15) is 29.1 Å². The maximum atomic E-state index is 12.7. The highest BCUT2D eigenvalue weighted by molar-refractivity contribution is 5.91. The smallest absolute Gasteiger partial charge is 0.289 e. The molecule has 0 aliphatic heterocycles. The van der Waals surface area contributed by atoms with Gasteiger partial charge in [-0.05, 0) is 30.7 Å². The van der Waals surface area contributed by atoms with E-state index in [1.807, 2.05) is 0 Å². The molecule has 1 aromatic carbocycles. The lowest BCUT2D eigenvalue weighted by atomic mass is 10.2. The number of amides is 2. The lowest BCUT2D eigenvalue weighted by molar-refractivity contribution is -0.123. The Balaban J connectivity index is 1.61. The van der Waals surface area contributed by atoms with E-state index < -0.39 is 35.9 Å². The maximum Gasteiger partial charge on any atom is 0.289 e. The van der Waals surface area contributed by atoms with Gasteiger partial charge in [-0.2, -0.15) is 0 Å². The van der Waals surface area contributed by atoms with E-state index in [4.69, 9.17) is 4.74 Å². The summed E-state index contributed by atoms with van der Waals surface area (Å²) in [6.07, 6.45) is -3.70. The number of nitrogens with zero attached hydrogens (tertiary/aromatic N) is 1. The van der Waals surface area contributed by atoms with Crippen molar-refractivity contribution in [3.63, 3.8) is 0 Å². The number of carbonyl (C=O) groups is 2. The third-order valence-corrected chi connectivity index (χ3v) is 3.46. The first-order valence-corrected chi connectivity index (χ1v) is 8.21. The van der Waals surface area contributed by atoms with Gasteiger partial charge in [-0.25, -0.2) is 13.2 Å². The molecule has 2 rings (SSSR count). The van der Waals surface area contributed by atoms with Crippen LogP contribution >= 0.6 is 0 Å². The molecule has 0 aliphatic rings. The van der Waals surface area contributed by atoms with E-state index in [-0.39, 0.29) is 31.9 Å². The molecule has 1 heterocycles. The summed E-state index contributed by atoms with van der Waals surface area (Å²) in [5, 5.41) is 17.7. The average molecular weight is 401 g/mol. The number of nitrogens with one attached hydrogen (secondary N) is 2. The van der Waals surface area contributed by atoms with E-state index in [0.29, 0.717) is 5.75 Å². The molecule has 0 bridgehead atoms. The Bertz CT molecular complexity index is 783. The van der Waals surface area contributed by atoms with Crippen molar-refractivity contribution in [3.05, 3.63) is 47.6 Å². The lowest BCUT2D eigenvalue weighted by Crippen LogP contribution is -2.37. The molecule has 2 amide bonds. The van der Waals surface area contributed by atoms with Crippen molar-refractivity contribution in [2.45, 2.75) is 19.0 Å². The van der Waals surface area contributed by atoms with Crippen LogP contribution < -0.4 is 15.4 Å². The van der Waals surface area contributed by atoms with Crippen LogP contribution in [0.5, 0.6) is 5.75 Å². The minimum Gasteiger partial charge on any atom is -0.484 e. The summed E-state index contributed by atoms with van der Waals surface area (Å²) in [5.41, 5.74) is -0.643. The molecule has 0 radical (unpaired) electrons. The van der Waals surface area contributed by atoms with Crippen LogP contribution in [-0.4, -0.2) is 47.9 Å². The molecule has 152 valence electrons. The largest absolute Gasteiger partial charge is 0.484 e. The van der Waals surface area contributed by atoms with Crippen LogP contribution in [-0.2, 0) is 4.79 Å². The van der Waals surface area contributed by atoms with Crippen molar-refractivity contribution >= 4 is 11.8 Å². The fraction of sp³-hybridized carbons (Fsp3) is 0.353. The number of alkyl halides is 2. The van der Waals surface area contributed by atoms with Gasteiger partial charge in [-0.1, -0.05) is 5.16 Å². The van der Waals surface area contributed by atoms with Gasteiger partial charge in [-0.15, -0.1) is 0 Å². The summed E-state index contributed by atoms with van der Waals surface area (Å²) >= 11 is 0. The normalized spacial score (nSPS) is 11.9. The molecular formula is C17H18F3N3O5. The molecule has 0 spiro atoms. The van der Waals surface area contributed by atoms with Gasteiger partial charge in [0.05, 0.1) is 6.10 Å². The minimum absolute atomic E-state index is 0.0205. The number of rotatable bonds is 10. The van der Waals surface area contributed by atoms with E-state index >= 15 is 0 Å². The number of benzene rings is 1. The number of hydrogen-bond donors (Lipinski definition) is 3. The fourth-order valence-electron chi connectivity index (χ4n) is 2.00. The number of aliphatic hydroxyl groups is 1. The molecule has 0 aliphatic carbocycles. The van der Waals surface area contributed by atoms with Gasteiger partial charge in [0, 0.05) is 19.2 Å². The SMILES string of the molecule is O=C(COc1ccc(F)cc1)NC[C@@H](O)CCNC(=O)c1cc(C(F)F)no1. The molecule has 11 heteroatoms. The third-order valence-electron chi connectivity index (χ3n) is 3.46. The Morgan fingerprint density at radius 3 is 2.57 bits per heavy atom. The van der Waals surface area contributed by atoms with Crippen molar-refractivity contribution in [3.8, 4) is 5.75 Å². The van der Waals surface area contributed by atoms with E-state index in [1.54, 1.807) is 0 Å². The number of hydrogen-bond acceptors (Lipinski definition) is 6. The Labute approximate surface area is 157 Å². The van der Waals surface area contributed by atoms with E-state index in [1.165, 1.54) is 24.3 Å².